The number of aromatic nitrogens is 1. The van der Waals surface area contributed by atoms with Gasteiger partial charge in [0.15, 0.2) is 0 Å². The molecule has 0 aliphatic heterocycles. The highest BCUT2D eigenvalue weighted by molar-refractivity contribution is 9.09. The first-order valence-corrected chi connectivity index (χ1v) is 5.04. The van der Waals surface area contributed by atoms with E-state index in [4.69, 9.17) is 0 Å². The topological polar surface area (TPSA) is 42.0 Å². The van der Waals surface area contributed by atoms with Gasteiger partial charge in [0.2, 0.25) is 5.91 Å². The van der Waals surface area contributed by atoms with Crippen LogP contribution in [0.4, 0.5) is 0 Å². The molecule has 11 heavy (non-hydrogen) atoms. The molecule has 3 nitrogen and oxygen atoms in total. The van der Waals surface area contributed by atoms with Crippen molar-refractivity contribution < 1.29 is 4.79 Å². The van der Waals surface area contributed by atoms with Crippen LogP contribution in [0.2, 0.25) is 0 Å². The number of halogens is 1. The van der Waals surface area contributed by atoms with Crippen molar-refractivity contribution in [2.24, 2.45) is 0 Å². The molecule has 1 aromatic heterocycles. The van der Waals surface area contributed by atoms with Gasteiger partial charge in [0, 0.05) is 11.6 Å². The van der Waals surface area contributed by atoms with E-state index in [2.05, 4.69) is 26.2 Å². The van der Waals surface area contributed by atoms with E-state index in [-0.39, 0.29) is 5.91 Å². The van der Waals surface area contributed by atoms with Gasteiger partial charge in [-0.15, -0.1) is 11.3 Å². The Morgan fingerprint density at radius 2 is 2.64 bits per heavy atom. The summed E-state index contributed by atoms with van der Waals surface area (Å²) < 4.78 is 0. The van der Waals surface area contributed by atoms with Crippen LogP contribution < -0.4 is 5.32 Å². The molecule has 0 aliphatic carbocycles. The third-order valence-electron chi connectivity index (χ3n) is 1.04. The van der Waals surface area contributed by atoms with Gasteiger partial charge in [0.1, 0.15) is 5.01 Å². The molecule has 0 aliphatic rings. The number of carbonyl (C=O) groups excluding carboxylic acids is 1. The quantitative estimate of drug-likeness (QED) is 0.798. The summed E-state index contributed by atoms with van der Waals surface area (Å²) in [7, 11) is 0. The molecule has 0 aromatic carbocycles. The van der Waals surface area contributed by atoms with E-state index >= 15 is 0 Å². The van der Waals surface area contributed by atoms with Gasteiger partial charge in [-0.1, -0.05) is 15.9 Å². The zero-order valence-electron chi connectivity index (χ0n) is 5.71. The van der Waals surface area contributed by atoms with Gasteiger partial charge in [-0.3, -0.25) is 4.79 Å². The molecule has 0 saturated heterocycles. The number of hydrogen-bond acceptors (Lipinski definition) is 3. The highest BCUT2D eigenvalue weighted by Gasteiger charge is 1.98. The summed E-state index contributed by atoms with van der Waals surface area (Å²) in [5, 5.41) is 5.86. The normalized spacial score (nSPS) is 9.55. The molecule has 0 unspecified atom stereocenters. The van der Waals surface area contributed by atoms with Crippen molar-refractivity contribution in [1.29, 1.82) is 0 Å². The standard InChI is InChI=1S/C6H7BrN2OS/c7-3-5(10)9-4-6-8-1-2-11-6/h1-2H,3-4H2,(H,9,10). The third-order valence-corrected chi connectivity index (χ3v) is 2.33. The lowest BCUT2D eigenvalue weighted by atomic mass is 10.6. The first-order chi connectivity index (χ1) is 5.33. The molecule has 0 fully saturated rings. The third kappa shape index (κ3) is 2.98. The number of nitrogens with one attached hydrogen (secondary N) is 1. The molecular weight excluding hydrogens is 228 g/mol. The number of amides is 1. The largest absolute Gasteiger partial charge is 0.349 e. The fourth-order valence-corrected chi connectivity index (χ4v) is 1.32. The average molecular weight is 235 g/mol. The summed E-state index contributed by atoms with van der Waals surface area (Å²) in [5.41, 5.74) is 0. The van der Waals surface area contributed by atoms with Crippen molar-refractivity contribution in [3.63, 3.8) is 0 Å². The van der Waals surface area contributed by atoms with Crippen LogP contribution in [0, 0.1) is 0 Å². The van der Waals surface area contributed by atoms with E-state index in [9.17, 15) is 4.79 Å². The summed E-state index contributed by atoms with van der Waals surface area (Å²) in [5.74, 6) is -0.0137. The Bertz CT molecular complexity index is 224. The minimum Gasteiger partial charge on any atom is -0.349 e. The molecule has 0 bridgehead atoms. The molecule has 1 aromatic rings. The molecule has 1 rings (SSSR count). The predicted molar refractivity (Wildman–Crippen MR) is 47.8 cm³/mol. The zero-order valence-corrected chi connectivity index (χ0v) is 8.11. The summed E-state index contributed by atoms with van der Waals surface area (Å²) in [6.45, 7) is 0.530. The Balaban J connectivity index is 2.29. The maximum atomic E-state index is 10.7. The Morgan fingerprint density at radius 3 is 3.18 bits per heavy atom. The van der Waals surface area contributed by atoms with Crippen molar-refractivity contribution in [1.82, 2.24) is 10.3 Å². The van der Waals surface area contributed by atoms with Crippen LogP contribution in [0.15, 0.2) is 11.6 Å². The number of nitrogens with zero attached hydrogens (tertiary/aromatic N) is 1. The second kappa shape index (κ2) is 4.46. The highest BCUT2D eigenvalue weighted by Crippen LogP contribution is 2.02. The number of carbonyl (C=O) groups is 1. The van der Waals surface area contributed by atoms with Crippen LogP contribution in [0.1, 0.15) is 5.01 Å². The van der Waals surface area contributed by atoms with Gasteiger partial charge >= 0.3 is 0 Å². The second-order valence-electron chi connectivity index (χ2n) is 1.84. The maximum absolute atomic E-state index is 10.7. The Kier molecular flexibility index (Phi) is 3.51. The molecule has 1 amide bonds. The molecule has 5 heteroatoms. The van der Waals surface area contributed by atoms with Crippen LogP contribution >= 0.6 is 27.3 Å². The molecular formula is C6H7BrN2OS. The molecule has 0 saturated carbocycles. The fraction of sp³-hybridized carbons (Fsp3) is 0.333. The van der Waals surface area contributed by atoms with Gasteiger partial charge in [-0.2, -0.15) is 0 Å². The molecule has 0 radical (unpaired) electrons. The first kappa shape index (κ1) is 8.67. The smallest absolute Gasteiger partial charge is 0.231 e. The van der Waals surface area contributed by atoms with E-state index < -0.39 is 0 Å². The zero-order chi connectivity index (χ0) is 8.10. The van der Waals surface area contributed by atoms with Crippen molar-refractivity contribution in [3.05, 3.63) is 16.6 Å². The van der Waals surface area contributed by atoms with Gasteiger partial charge < -0.3 is 5.32 Å². The SMILES string of the molecule is O=C(CBr)NCc1nccs1. The molecule has 60 valence electrons. The lowest BCUT2D eigenvalue weighted by Gasteiger charge is -1.97. The first-order valence-electron chi connectivity index (χ1n) is 3.04. The Labute approximate surface area is 77.0 Å². The maximum Gasteiger partial charge on any atom is 0.231 e. The van der Waals surface area contributed by atoms with Crippen LogP contribution in [-0.4, -0.2) is 16.2 Å². The van der Waals surface area contributed by atoms with Gasteiger partial charge in [0.25, 0.3) is 0 Å². The number of alkyl halides is 1. The van der Waals surface area contributed by atoms with Crippen LogP contribution in [0.25, 0.3) is 0 Å². The Hall–Kier alpha value is -0.420. The van der Waals surface area contributed by atoms with Crippen LogP contribution in [-0.2, 0) is 11.3 Å². The van der Waals surface area contributed by atoms with E-state index in [1.54, 1.807) is 6.20 Å². The highest BCUT2D eigenvalue weighted by atomic mass is 79.9. The van der Waals surface area contributed by atoms with Crippen molar-refractivity contribution >= 4 is 33.2 Å². The minimum absolute atomic E-state index is 0.0137. The van der Waals surface area contributed by atoms with E-state index in [1.165, 1.54) is 11.3 Å². The molecule has 1 N–H and O–H groups in total. The van der Waals surface area contributed by atoms with Crippen molar-refractivity contribution in [2.75, 3.05) is 5.33 Å². The van der Waals surface area contributed by atoms with Gasteiger partial charge in [0.05, 0.1) is 11.9 Å². The summed E-state index contributed by atoms with van der Waals surface area (Å²) in [6.07, 6.45) is 1.72. The number of thiazole rings is 1. The minimum atomic E-state index is -0.0137. The van der Waals surface area contributed by atoms with Crippen LogP contribution in [0.5, 0.6) is 0 Å². The predicted octanol–water partition coefficient (Wildman–Crippen LogP) is 1.15. The molecule has 0 spiro atoms. The average Bonchev–Trinajstić information content (AvgIpc) is 2.52. The lowest BCUT2D eigenvalue weighted by Crippen LogP contribution is -2.23. The van der Waals surface area contributed by atoms with E-state index in [0.717, 1.165) is 5.01 Å². The fourth-order valence-electron chi connectivity index (χ4n) is 0.562. The number of hydrogen-bond donors (Lipinski definition) is 1. The van der Waals surface area contributed by atoms with E-state index in [0.29, 0.717) is 11.9 Å². The number of rotatable bonds is 3. The monoisotopic (exact) mass is 234 g/mol. The van der Waals surface area contributed by atoms with Gasteiger partial charge in [-0.05, 0) is 0 Å². The Morgan fingerprint density at radius 1 is 1.82 bits per heavy atom. The second-order valence-corrected chi connectivity index (χ2v) is 3.38. The van der Waals surface area contributed by atoms with Crippen molar-refractivity contribution in [2.45, 2.75) is 6.54 Å². The van der Waals surface area contributed by atoms with E-state index in [1.807, 2.05) is 5.38 Å². The summed E-state index contributed by atoms with van der Waals surface area (Å²) >= 11 is 4.58. The van der Waals surface area contributed by atoms with Crippen LogP contribution in [0.3, 0.4) is 0 Å². The van der Waals surface area contributed by atoms with Gasteiger partial charge in [-0.25, -0.2) is 4.98 Å². The van der Waals surface area contributed by atoms with Crippen molar-refractivity contribution in [3.8, 4) is 0 Å². The summed E-state index contributed by atoms with van der Waals surface area (Å²) in [6, 6.07) is 0. The summed E-state index contributed by atoms with van der Waals surface area (Å²) in [4.78, 5) is 14.7. The molecule has 0 atom stereocenters. The lowest BCUT2D eigenvalue weighted by molar-refractivity contribution is -0.118. The molecule has 1 heterocycles.